The standard InChI is InChI=1S/C9H13N5O3/c1-6-2-3-7(14(16)17)8(13-6)11-4-5-12-9(10)15/h2-3H,4-5H2,1H3,(H,11,13)(H3,10,12,15). The summed E-state index contributed by atoms with van der Waals surface area (Å²) in [5.41, 5.74) is 5.44. The Bertz CT molecular complexity index is 435. The van der Waals surface area contributed by atoms with Crippen LogP contribution in [-0.2, 0) is 0 Å². The van der Waals surface area contributed by atoms with Crippen molar-refractivity contribution in [1.29, 1.82) is 0 Å². The first kappa shape index (κ1) is 12.7. The van der Waals surface area contributed by atoms with Crippen LogP contribution in [0.1, 0.15) is 5.69 Å². The van der Waals surface area contributed by atoms with Crippen molar-refractivity contribution in [2.45, 2.75) is 6.92 Å². The van der Waals surface area contributed by atoms with Gasteiger partial charge in [0.25, 0.3) is 0 Å². The van der Waals surface area contributed by atoms with Gasteiger partial charge < -0.3 is 16.4 Å². The van der Waals surface area contributed by atoms with Crippen LogP contribution in [0.3, 0.4) is 0 Å². The lowest BCUT2D eigenvalue weighted by Crippen LogP contribution is -2.33. The third-order valence-corrected chi connectivity index (χ3v) is 1.93. The molecule has 0 bridgehead atoms. The SMILES string of the molecule is Cc1ccc([N+](=O)[O-])c(NCCNC(N)=O)n1. The Kier molecular flexibility index (Phi) is 4.21. The third-order valence-electron chi connectivity index (χ3n) is 1.93. The molecule has 0 saturated carbocycles. The zero-order valence-electron chi connectivity index (χ0n) is 9.27. The van der Waals surface area contributed by atoms with Crippen LogP contribution >= 0.6 is 0 Å². The minimum atomic E-state index is -0.640. The minimum absolute atomic E-state index is 0.102. The molecule has 0 aliphatic carbocycles. The first-order valence-electron chi connectivity index (χ1n) is 4.90. The number of nitrogens with two attached hydrogens (primary N) is 1. The van der Waals surface area contributed by atoms with Crippen LogP contribution in [0.2, 0.25) is 0 Å². The number of hydrogen-bond donors (Lipinski definition) is 3. The van der Waals surface area contributed by atoms with Crippen LogP contribution < -0.4 is 16.4 Å². The number of rotatable bonds is 5. The monoisotopic (exact) mass is 239 g/mol. The van der Waals surface area contributed by atoms with Crippen molar-refractivity contribution >= 4 is 17.5 Å². The van der Waals surface area contributed by atoms with Crippen molar-refractivity contribution in [2.75, 3.05) is 18.4 Å². The number of carbonyl (C=O) groups is 1. The van der Waals surface area contributed by atoms with Gasteiger partial charge in [-0.15, -0.1) is 0 Å². The molecule has 1 rings (SSSR count). The quantitative estimate of drug-likeness (QED) is 0.389. The zero-order chi connectivity index (χ0) is 12.8. The maximum Gasteiger partial charge on any atom is 0.312 e. The number of nitrogens with zero attached hydrogens (tertiary/aromatic N) is 2. The molecule has 0 aliphatic heterocycles. The predicted octanol–water partition coefficient (Wildman–Crippen LogP) is 0.378. The van der Waals surface area contributed by atoms with Gasteiger partial charge >= 0.3 is 11.7 Å². The molecule has 1 aromatic rings. The molecule has 0 atom stereocenters. The lowest BCUT2D eigenvalue weighted by molar-refractivity contribution is -0.384. The van der Waals surface area contributed by atoms with E-state index in [1.165, 1.54) is 6.07 Å². The highest BCUT2D eigenvalue weighted by molar-refractivity contribution is 5.71. The number of nitrogens with one attached hydrogen (secondary N) is 2. The molecular weight excluding hydrogens is 226 g/mol. The van der Waals surface area contributed by atoms with Crippen molar-refractivity contribution in [3.63, 3.8) is 0 Å². The van der Waals surface area contributed by atoms with Crippen LogP contribution in [0, 0.1) is 17.0 Å². The maximum atomic E-state index is 10.7. The Balaban J connectivity index is 2.65. The second-order valence-corrected chi connectivity index (χ2v) is 3.30. The van der Waals surface area contributed by atoms with Gasteiger partial charge in [-0.2, -0.15) is 0 Å². The number of anilines is 1. The van der Waals surface area contributed by atoms with E-state index in [0.29, 0.717) is 12.2 Å². The maximum absolute atomic E-state index is 10.7. The van der Waals surface area contributed by atoms with Crippen LogP contribution in [0.5, 0.6) is 0 Å². The number of urea groups is 1. The molecule has 0 aromatic carbocycles. The van der Waals surface area contributed by atoms with E-state index in [9.17, 15) is 14.9 Å². The smallest absolute Gasteiger partial charge is 0.312 e. The van der Waals surface area contributed by atoms with Gasteiger partial charge in [-0.1, -0.05) is 0 Å². The highest BCUT2D eigenvalue weighted by atomic mass is 16.6. The summed E-state index contributed by atoms with van der Waals surface area (Å²) < 4.78 is 0. The number of hydrogen-bond acceptors (Lipinski definition) is 5. The fourth-order valence-electron chi connectivity index (χ4n) is 1.19. The van der Waals surface area contributed by atoms with E-state index in [2.05, 4.69) is 15.6 Å². The molecule has 8 heteroatoms. The second kappa shape index (κ2) is 5.64. The average Bonchev–Trinajstić information content (AvgIpc) is 2.23. The van der Waals surface area contributed by atoms with Crippen LogP contribution in [0.15, 0.2) is 12.1 Å². The topological polar surface area (TPSA) is 123 Å². The molecule has 0 radical (unpaired) electrons. The summed E-state index contributed by atoms with van der Waals surface area (Å²) in [5, 5.41) is 15.8. The Morgan fingerprint density at radius 3 is 2.82 bits per heavy atom. The Labute approximate surface area is 97.4 Å². The zero-order valence-corrected chi connectivity index (χ0v) is 9.27. The van der Waals surface area contributed by atoms with E-state index in [4.69, 9.17) is 5.73 Å². The van der Waals surface area contributed by atoms with Crippen molar-refractivity contribution in [1.82, 2.24) is 10.3 Å². The highest BCUT2D eigenvalue weighted by Gasteiger charge is 2.14. The third kappa shape index (κ3) is 3.93. The molecule has 1 aromatic heterocycles. The largest absolute Gasteiger partial charge is 0.363 e. The van der Waals surface area contributed by atoms with Crippen molar-refractivity contribution in [3.05, 3.63) is 27.9 Å². The van der Waals surface area contributed by atoms with Gasteiger partial charge in [-0.05, 0) is 13.0 Å². The summed E-state index contributed by atoms with van der Waals surface area (Å²) in [6.45, 7) is 2.30. The Hall–Kier alpha value is -2.38. The molecule has 17 heavy (non-hydrogen) atoms. The van der Waals surface area contributed by atoms with Crippen LogP contribution in [0.25, 0.3) is 0 Å². The van der Waals surface area contributed by atoms with Gasteiger partial charge in [-0.3, -0.25) is 10.1 Å². The number of carbonyl (C=O) groups excluding carboxylic acids is 1. The normalized spacial score (nSPS) is 9.71. The van der Waals surface area contributed by atoms with Gasteiger partial charge in [0.1, 0.15) is 0 Å². The fraction of sp³-hybridized carbons (Fsp3) is 0.333. The van der Waals surface area contributed by atoms with E-state index < -0.39 is 11.0 Å². The molecule has 0 aliphatic rings. The van der Waals surface area contributed by atoms with Gasteiger partial charge in [-0.25, -0.2) is 9.78 Å². The van der Waals surface area contributed by atoms with Gasteiger partial charge in [0, 0.05) is 24.8 Å². The van der Waals surface area contributed by atoms with Gasteiger partial charge in [0.15, 0.2) is 0 Å². The summed E-state index contributed by atoms with van der Waals surface area (Å²) in [4.78, 5) is 24.6. The highest BCUT2D eigenvalue weighted by Crippen LogP contribution is 2.21. The van der Waals surface area contributed by atoms with Gasteiger partial charge in [0.05, 0.1) is 4.92 Å². The van der Waals surface area contributed by atoms with E-state index in [-0.39, 0.29) is 18.1 Å². The molecular formula is C9H13N5O3. The number of aromatic nitrogens is 1. The summed E-state index contributed by atoms with van der Waals surface area (Å²) in [6.07, 6.45) is 0. The number of primary amides is 1. The number of nitro groups is 1. The lowest BCUT2D eigenvalue weighted by Gasteiger charge is -2.06. The molecule has 8 nitrogen and oxygen atoms in total. The minimum Gasteiger partial charge on any atom is -0.363 e. The fourth-order valence-corrected chi connectivity index (χ4v) is 1.19. The van der Waals surface area contributed by atoms with Crippen molar-refractivity contribution in [3.8, 4) is 0 Å². The first-order valence-corrected chi connectivity index (χ1v) is 4.90. The summed E-state index contributed by atoms with van der Waals surface area (Å²) in [7, 11) is 0. The molecule has 1 heterocycles. The summed E-state index contributed by atoms with van der Waals surface area (Å²) >= 11 is 0. The summed E-state index contributed by atoms with van der Waals surface area (Å²) in [6, 6.07) is 2.30. The molecule has 0 spiro atoms. The summed E-state index contributed by atoms with van der Waals surface area (Å²) in [5.74, 6) is 0.182. The molecule has 0 fully saturated rings. The number of pyridine rings is 1. The average molecular weight is 239 g/mol. The van der Waals surface area contributed by atoms with E-state index in [0.717, 1.165) is 0 Å². The van der Waals surface area contributed by atoms with E-state index in [1.807, 2.05) is 0 Å². The first-order chi connectivity index (χ1) is 8.00. The molecule has 2 amide bonds. The van der Waals surface area contributed by atoms with E-state index >= 15 is 0 Å². The van der Waals surface area contributed by atoms with Crippen molar-refractivity contribution in [2.24, 2.45) is 5.73 Å². The molecule has 4 N–H and O–H groups in total. The van der Waals surface area contributed by atoms with Crippen LogP contribution in [0.4, 0.5) is 16.3 Å². The molecule has 0 saturated heterocycles. The predicted molar refractivity (Wildman–Crippen MR) is 61.7 cm³/mol. The van der Waals surface area contributed by atoms with Crippen molar-refractivity contribution < 1.29 is 9.72 Å². The lowest BCUT2D eigenvalue weighted by atomic mass is 10.3. The second-order valence-electron chi connectivity index (χ2n) is 3.30. The molecule has 92 valence electrons. The number of amides is 2. The number of aryl methyl sites for hydroxylation is 1. The Morgan fingerprint density at radius 1 is 1.53 bits per heavy atom. The Morgan fingerprint density at radius 2 is 2.24 bits per heavy atom. The van der Waals surface area contributed by atoms with Gasteiger partial charge in [0.2, 0.25) is 5.82 Å². The molecule has 0 unspecified atom stereocenters. The van der Waals surface area contributed by atoms with E-state index in [1.54, 1.807) is 13.0 Å². The van der Waals surface area contributed by atoms with Crippen LogP contribution in [-0.4, -0.2) is 29.0 Å².